The molecule has 0 radical (unpaired) electrons. The molecule has 0 aliphatic carbocycles. The van der Waals surface area contributed by atoms with Crippen LogP contribution in [-0.4, -0.2) is 44.2 Å². The average Bonchev–Trinajstić information content (AvgIpc) is 2.67. The first-order valence-corrected chi connectivity index (χ1v) is 6.17. The quantitative estimate of drug-likeness (QED) is 0.630. The van der Waals surface area contributed by atoms with Gasteiger partial charge < -0.3 is 14.9 Å². The molecule has 4 atom stereocenters. The van der Waals surface area contributed by atoms with E-state index < -0.39 is 42.0 Å². The predicted octanol–water partition coefficient (Wildman–Crippen LogP) is -0.855. The van der Waals surface area contributed by atoms with Crippen LogP contribution in [0.15, 0.2) is 34.2 Å². The zero-order valence-corrected chi connectivity index (χ0v) is 11.2. The highest BCUT2D eigenvalue weighted by Gasteiger charge is 2.57. The molecular weight excluding hydrogens is 283 g/mol. The van der Waals surface area contributed by atoms with Crippen molar-refractivity contribution in [2.24, 2.45) is 0 Å². The summed E-state index contributed by atoms with van der Waals surface area (Å²) >= 11 is 0. The lowest BCUT2D eigenvalue weighted by Crippen LogP contribution is -2.44. The lowest BCUT2D eigenvalue weighted by atomic mass is 9.96. The fraction of sp³-hybridized carbons (Fsp3) is 0.462. The first-order valence-electron chi connectivity index (χ1n) is 6.17. The fourth-order valence-corrected chi connectivity index (χ4v) is 2.27. The number of aliphatic hydroxyl groups excluding tert-OH is 2. The number of alkyl halides is 1. The number of nitrogens with zero attached hydrogens (tertiary/aromatic N) is 1. The van der Waals surface area contributed by atoms with Crippen LogP contribution in [0, 0.1) is 6.92 Å². The molecule has 0 aromatic carbocycles. The van der Waals surface area contributed by atoms with Gasteiger partial charge in [0.25, 0.3) is 5.56 Å². The van der Waals surface area contributed by atoms with E-state index in [0.29, 0.717) is 0 Å². The van der Waals surface area contributed by atoms with E-state index in [9.17, 15) is 14.7 Å². The third-order valence-electron chi connectivity index (χ3n) is 3.39. The maximum atomic E-state index is 15.0. The molecule has 0 spiro atoms. The van der Waals surface area contributed by atoms with Gasteiger partial charge in [0.1, 0.15) is 12.2 Å². The first-order chi connectivity index (χ1) is 9.85. The van der Waals surface area contributed by atoms with Crippen molar-refractivity contribution in [2.75, 3.05) is 6.61 Å². The molecule has 0 saturated carbocycles. The van der Waals surface area contributed by atoms with E-state index in [0.717, 1.165) is 16.8 Å². The van der Waals surface area contributed by atoms with E-state index in [1.54, 1.807) is 0 Å². The van der Waals surface area contributed by atoms with Gasteiger partial charge in [0, 0.05) is 17.8 Å². The number of aromatic nitrogens is 2. The van der Waals surface area contributed by atoms with E-state index in [2.05, 4.69) is 12.3 Å². The molecule has 1 aromatic heterocycles. The third-order valence-corrected chi connectivity index (χ3v) is 3.39. The van der Waals surface area contributed by atoms with Gasteiger partial charge >= 0.3 is 5.69 Å². The standard InChI is InChI=1S/C13H15FN2O5/c1-3-4-13(14)9(18)8(6-17)21-11(13)16-5-7(2)10(19)15-12(16)20/h4-5,8-9,11,17-18H,1,6H2,2H3,(H,15,19,20)/t8-,9-,11-,13-/m1/s1. The molecule has 0 bridgehead atoms. The molecule has 0 unspecified atom stereocenters. The van der Waals surface area contributed by atoms with Gasteiger partial charge in [-0.15, -0.1) is 5.73 Å². The van der Waals surface area contributed by atoms with Crippen molar-refractivity contribution in [1.82, 2.24) is 9.55 Å². The summed E-state index contributed by atoms with van der Waals surface area (Å²) in [4.78, 5) is 25.2. The van der Waals surface area contributed by atoms with Crippen molar-refractivity contribution in [3.63, 3.8) is 0 Å². The highest BCUT2D eigenvalue weighted by atomic mass is 19.1. The minimum absolute atomic E-state index is 0.171. The molecule has 1 aromatic rings. The molecule has 114 valence electrons. The number of aryl methyl sites for hydroxylation is 1. The van der Waals surface area contributed by atoms with Crippen LogP contribution in [0.1, 0.15) is 11.8 Å². The number of halogens is 1. The van der Waals surface area contributed by atoms with E-state index in [1.807, 2.05) is 4.98 Å². The van der Waals surface area contributed by atoms with Crippen LogP contribution < -0.4 is 11.2 Å². The molecule has 21 heavy (non-hydrogen) atoms. The third kappa shape index (κ3) is 2.38. The normalized spacial score (nSPS) is 31.9. The zero-order chi connectivity index (χ0) is 15.8. The Bertz CT molecular complexity index is 705. The SMILES string of the molecule is C=C=C[C@@]1(F)[C@H](O)[C@@H](CO)O[C@H]1n1cc(C)c(=O)[nH]c1=O. The summed E-state index contributed by atoms with van der Waals surface area (Å²) in [6.45, 7) is 4.05. The van der Waals surface area contributed by atoms with Crippen molar-refractivity contribution < 1.29 is 19.3 Å². The van der Waals surface area contributed by atoms with Gasteiger partial charge in [-0.25, -0.2) is 9.18 Å². The van der Waals surface area contributed by atoms with Gasteiger partial charge in [0.15, 0.2) is 6.23 Å². The lowest BCUT2D eigenvalue weighted by Gasteiger charge is -2.25. The second-order valence-corrected chi connectivity index (χ2v) is 4.81. The van der Waals surface area contributed by atoms with Crippen LogP contribution in [-0.2, 0) is 4.74 Å². The Kier molecular flexibility index (Phi) is 3.97. The van der Waals surface area contributed by atoms with Crippen molar-refractivity contribution in [1.29, 1.82) is 0 Å². The number of rotatable bonds is 3. The summed E-state index contributed by atoms with van der Waals surface area (Å²) in [6, 6.07) is 0. The topological polar surface area (TPSA) is 105 Å². The second-order valence-electron chi connectivity index (χ2n) is 4.81. The van der Waals surface area contributed by atoms with Crippen molar-refractivity contribution in [3.05, 3.63) is 51.0 Å². The van der Waals surface area contributed by atoms with Crippen molar-refractivity contribution in [3.8, 4) is 0 Å². The number of ether oxygens (including phenoxy) is 1. The van der Waals surface area contributed by atoms with Gasteiger partial charge in [-0.2, -0.15) is 0 Å². The minimum atomic E-state index is -2.51. The summed E-state index contributed by atoms with van der Waals surface area (Å²) in [5.74, 6) is 0. The monoisotopic (exact) mass is 298 g/mol. The molecule has 0 amide bonds. The van der Waals surface area contributed by atoms with E-state index in [1.165, 1.54) is 6.92 Å². The number of nitrogens with one attached hydrogen (secondary N) is 1. The highest BCUT2D eigenvalue weighted by Crippen LogP contribution is 2.41. The predicted molar refractivity (Wildman–Crippen MR) is 70.6 cm³/mol. The second kappa shape index (κ2) is 5.42. The number of aliphatic hydroxyl groups is 2. The average molecular weight is 298 g/mol. The van der Waals surface area contributed by atoms with Gasteiger partial charge in [0.2, 0.25) is 5.67 Å². The van der Waals surface area contributed by atoms with Crippen molar-refractivity contribution in [2.45, 2.75) is 31.0 Å². The Labute approximate surface area is 118 Å². The van der Waals surface area contributed by atoms with E-state index in [4.69, 9.17) is 9.84 Å². The molecule has 2 heterocycles. The Morgan fingerprint density at radius 2 is 2.33 bits per heavy atom. The van der Waals surface area contributed by atoms with E-state index in [-0.39, 0.29) is 5.56 Å². The number of aromatic amines is 1. The summed E-state index contributed by atoms with van der Waals surface area (Å²) < 4.78 is 21.1. The molecule has 2 rings (SSSR count). The molecule has 7 nitrogen and oxygen atoms in total. The molecule has 1 aliphatic rings. The van der Waals surface area contributed by atoms with Crippen molar-refractivity contribution >= 4 is 0 Å². The number of hydrogen-bond donors (Lipinski definition) is 3. The van der Waals surface area contributed by atoms with Gasteiger partial charge in [-0.3, -0.25) is 14.3 Å². The Morgan fingerprint density at radius 3 is 2.90 bits per heavy atom. The maximum Gasteiger partial charge on any atom is 0.330 e. The number of H-pyrrole nitrogens is 1. The van der Waals surface area contributed by atoms with Crippen LogP contribution in [0.3, 0.4) is 0 Å². The Hall–Kier alpha value is -1.99. The largest absolute Gasteiger partial charge is 0.394 e. The van der Waals surface area contributed by atoms with Crippen LogP contribution in [0.2, 0.25) is 0 Å². The van der Waals surface area contributed by atoms with Gasteiger partial charge in [0.05, 0.1) is 6.61 Å². The maximum absolute atomic E-state index is 15.0. The summed E-state index contributed by atoms with van der Waals surface area (Å²) in [5.41, 5.74) is -1.62. The highest BCUT2D eigenvalue weighted by molar-refractivity contribution is 5.15. The molecule has 3 N–H and O–H groups in total. The summed E-state index contributed by atoms with van der Waals surface area (Å²) in [6.07, 6.45) is -2.51. The van der Waals surface area contributed by atoms with Crippen LogP contribution in [0.25, 0.3) is 0 Å². The van der Waals surface area contributed by atoms with Gasteiger partial charge in [-0.1, -0.05) is 6.58 Å². The summed E-state index contributed by atoms with van der Waals surface area (Å²) in [5, 5.41) is 19.1. The van der Waals surface area contributed by atoms with Crippen LogP contribution in [0.4, 0.5) is 4.39 Å². The Morgan fingerprint density at radius 1 is 1.67 bits per heavy atom. The molecule has 1 aliphatic heterocycles. The molecule has 8 heteroatoms. The smallest absolute Gasteiger partial charge is 0.330 e. The van der Waals surface area contributed by atoms with E-state index >= 15 is 4.39 Å². The summed E-state index contributed by atoms with van der Waals surface area (Å²) in [7, 11) is 0. The molecule has 1 saturated heterocycles. The van der Waals surface area contributed by atoms with Gasteiger partial charge in [-0.05, 0) is 6.92 Å². The fourth-order valence-electron chi connectivity index (χ4n) is 2.27. The Balaban J connectivity index is 2.61. The first kappa shape index (κ1) is 15.4. The molecule has 1 fully saturated rings. The number of hydrogen-bond acceptors (Lipinski definition) is 5. The lowest BCUT2D eigenvalue weighted by molar-refractivity contribution is -0.0556. The zero-order valence-electron chi connectivity index (χ0n) is 11.2. The van der Waals surface area contributed by atoms with Crippen LogP contribution >= 0.6 is 0 Å². The minimum Gasteiger partial charge on any atom is -0.394 e. The van der Waals surface area contributed by atoms with Crippen LogP contribution in [0.5, 0.6) is 0 Å². The molecular formula is C13H15FN2O5.